The average Bonchev–Trinajstić information content (AvgIpc) is 2.48. The predicted octanol–water partition coefficient (Wildman–Crippen LogP) is 4.09. The van der Waals surface area contributed by atoms with Gasteiger partial charge in [0, 0.05) is 23.2 Å². The van der Waals surface area contributed by atoms with Gasteiger partial charge in [0.25, 0.3) is 0 Å². The van der Waals surface area contributed by atoms with Crippen LogP contribution in [-0.2, 0) is 6.61 Å². The van der Waals surface area contributed by atoms with Gasteiger partial charge in [-0.15, -0.1) is 0 Å². The van der Waals surface area contributed by atoms with Crippen LogP contribution in [0.25, 0.3) is 0 Å². The van der Waals surface area contributed by atoms with Gasteiger partial charge in [0.15, 0.2) is 0 Å². The quantitative estimate of drug-likeness (QED) is 0.905. The minimum Gasteiger partial charge on any atom is -0.497 e. The molecule has 1 atom stereocenters. The SMILES string of the molecule is COc1ccc(C(C)N)c(OCc2cccc(F)c2Cl)c1. The summed E-state index contributed by atoms with van der Waals surface area (Å²) in [7, 11) is 1.58. The molecule has 0 aliphatic carbocycles. The van der Waals surface area contributed by atoms with Crippen LogP contribution < -0.4 is 15.2 Å². The molecule has 0 fully saturated rings. The number of ether oxygens (including phenoxy) is 2. The molecule has 0 radical (unpaired) electrons. The fraction of sp³-hybridized carbons (Fsp3) is 0.250. The molecule has 3 nitrogen and oxygen atoms in total. The van der Waals surface area contributed by atoms with E-state index in [0.717, 1.165) is 5.56 Å². The zero-order chi connectivity index (χ0) is 15.4. The van der Waals surface area contributed by atoms with Crippen molar-refractivity contribution in [2.75, 3.05) is 7.11 Å². The van der Waals surface area contributed by atoms with E-state index in [-0.39, 0.29) is 17.7 Å². The fourth-order valence-corrected chi connectivity index (χ4v) is 2.14. The first-order valence-corrected chi connectivity index (χ1v) is 6.90. The Bertz CT molecular complexity index is 632. The molecule has 0 amide bonds. The van der Waals surface area contributed by atoms with Gasteiger partial charge in [-0.1, -0.05) is 29.8 Å². The van der Waals surface area contributed by atoms with Crippen LogP contribution in [0.2, 0.25) is 5.02 Å². The van der Waals surface area contributed by atoms with Gasteiger partial charge >= 0.3 is 0 Å². The van der Waals surface area contributed by atoms with E-state index < -0.39 is 5.82 Å². The Hall–Kier alpha value is -1.78. The van der Waals surface area contributed by atoms with Crippen LogP contribution in [-0.4, -0.2) is 7.11 Å². The first-order chi connectivity index (χ1) is 10.0. The highest BCUT2D eigenvalue weighted by Gasteiger charge is 2.12. The molecule has 0 heterocycles. The monoisotopic (exact) mass is 309 g/mol. The van der Waals surface area contributed by atoms with E-state index in [9.17, 15) is 4.39 Å². The summed E-state index contributed by atoms with van der Waals surface area (Å²) in [5, 5.41) is 0.0720. The Labute approximate surface area is 128 Å². The van der Waals surface area contributed by atoms with E-state index in [1.807, 2.05) is 19.1 Å². The highest BCUT2D eigenvalue weighted by molar-refractivity contribution is 6.31. The lowest BCUT2D eigenvalue weighted by atomic mass is 10.1. The molecule has 0 aliphatic rings. The number of hydrogen-bond donors (Lipinski definition) is 1. The number of rotatable bonds is 5. The minimum atomic E-state index is -0.462. The summed E-state index contributed by atoms with van der Waals surface area (Å²) in [6.07, 6.45) is 0. The number of halogens is 2. The average molecular weight is 310 g/mol. The van der Waals surface area contributed by atoms with Gasteiger partial charge in [0.1, 0.15) is 23.9 Å². The summed E-state index contributed by atoms with van der Waals surface area (Å²) in [6.45, 7) is 2.02. The molecule has 2 rings (SSSR count). The van der Waals surface area contributed by atoms with E-state index >= 15 is 0 Å². The van der Waals surface area contributed by atoms with Crippen molar-refractivity contribution >= 4 is 11.6 Å². The maximum absolute atomic E-state index is 13.4. The largest absolute Gasteiger partial charge is 0.497 e. The highest BCUT2D eigenvalue weighted by Crippen LogP contribution is 2.30. The van der Waals surface area contributed by atoms with Crippen LogP contribution in [0, 0.1) is 5.82 Å². The summed E-state index contributed by atoms with van der Waals surface area (Å²) in [5.41, 5.74) is 7.35. The number of methoxy groups -OCH3 is 1. The third kappa shape index (κ3) is 3.65. The molecular weight excluding hydrogens is 293 g/mol. The summed E-state index contributed by atoms with van der Waals surface area (Å²) in [6, 6.07) is 9.87. The Kier molecular flexibility index (Phi) is 5.04. The highest BCUT2D eigenvalue weighted by atomic mass is 35.5. The Morgan fingerprint density at radius 1 is 1.29 bits per heavy atom. The van der Waals surface area contributed by atoms with Crippen molar-refractivity contribution in [2.45, 2.75) is 19.6 Å². The van der Waals surface area contributed by atoms with Crippen molar-refractivity contribution in [3.8, 4) is 11.5 Å². The van der Waals surface area contributed by atoms with Gasteiger partial charge < -0.3 is 15.2 Å². The zero-order valence-corrected chi connectivity index (χ0v) is 12.7. The molecule has 5 heteroatoms. The lowest BCUT2D eigenvalue weighted by Gasteiger charge is -2.16. The molecule has 0 saturated heterocycles. The fourth-order valence-electron chi connectivity index (χ4n) is 1.96. The third-order valence-corrected chi connectivity index (χ3v) is 3.55. The zero-order valence-electron chi connectivity index (χ0n) is 11.9. The standard InChI is InChI=1S/C16H17ClFNO2/c1-10(19)13-7-6-12(20-2)8-15(13)21-9-11-4-3-5-14(18)16(11)17/h3-8,10H,9,19H2,1-2H3. The molecule has 1 unspecified atom stereocenters. The minimum absolute atomic E-state index is 0.0720. The first-order valence-electron chi connectivity index (χ1n) is 6.52. The summed E-state index contributed by atoms with van der Waals surface area (Å²) >= 11 is 5.92. The number of benzene rings is 2. The van der Waals surface area contributed by atoms with Crippen LogP contribution in [0.5, 0.6) is 11.5 Å². The summed E-state index contributed by atoms with van der Waals surface area (Å²) < 4.78 is 24.3. The van der Waals surface area contributed by atoms with Gasteiger partial charge in [-0.2, -0.15) is 0 Å². The lowest BCUT2D eigenvalue weighted by Crippen LogP contribution is -2.08. The van der Waals surface area contributed by atoms with Gasteiger partial charge in [-0.3, -0.25) is 0 Å². The van der Waals surface area contributed by atoms with Crippen LogP contribution in [0.15, 0.2) is 36.4 Å². The lowest BCUT2D eigenvalue weighted by molar-refractivity contribution is 0.298. The molecule has 21 heavy (non-hydrogen) atoms. The first kappa shape index (κ1) is 15.6. The Balaban J connectivity index is 2.24. The molecule has 0 spiro atoms. The van der Waals surface area contributed by atoms with Gasteiger partial charge in [0.2, 0.25) is 0 Å². The van der Waals surface area contributed by atoms with E-state index in [2.05, 4.69) is 0 Å². The second kappa shape index (κ2) is 6.78. The van der Waals surface area contributed by atoms with Gasteiger partial charge in [-0.25, -0.2) is 4.39 Å². The molecule has 2 aromatic carbocycles. The predicted molar refractivity (Wildman–Crippen MR) is 81.3 cm³/mol. The van der Waals surface area contributed by atoms with Crippen LogP contribution in [0.1, 0.15) is 24.1 Å². The van der Waals surface area contributed by atoms with Crippen molar-refractivity contribution in [2.24, 2.45) is 5.73 Å². The van der Waals surface area contributed by atoms with Gasteiger partial charge in [0.05, 0.1) is 12.1 Å². The molecule has 112 valence electrons. The second-order valence-corrected chi connectivity index (χ2v) is 5.07. The molecule has 0 aromatic heterocycles. The third-order valence-electron chi connectivity index (χ3n) is 3.13. The van der Waals surface area contributed by atoms with Crippen LogP contribution >= 0.6 is 11.6 Å². The normalized spacial score (nSPS) is 12.0. The molecule has 0 saturated carbocycles. The Morgan fingerprint density at radius 3 is 2.71 bits per heavy atom. The molecule has 2 aromatic rings. The summed E-state index contributed by atoms with van der Waals surface area (Å²) in [4.78, 5) is 0. The van der Waals surface area contributed by atoms with Crippen LogP contribution in [0.4, 0.5) is 4.39 Å². The molecule has 2 N–H and O–H groups in total. The number of nitrogens with two attached hydrogens (primary N) is 1. The van der Waals surface area contributed by atoms with Crippen molar-refractivity contribution in [1.29, 1.82) is 0 Å². The van der Waals surface area contributed by atoms with Crippen molar-refractivity contribution in [1.82, 2.24) is 0 Å². The van der Waals surface area contributed by atoms with E-state index in [0.29, 0.717) is 17.1 Å². The number of hydrogen-bond acceptors (Lipinski definition) is 3. The molecule has 0 aliphatic heterocycles. The summed E-state index contributed by atoms with van der Waals surface area (Å²) in [5.74, 6) is 0.806. The smallest absolute Gasteiger partial charge is 0.142 e. The molecule has 0 bridgehead atoms. The van der Waals surface area contributed by atoms with E-state index in [4.69, 9.17) is 26.8 Å². The Morgan fingerprint density at radius 2 is 2.05 bits per heavy atom. The van der Waals surface area contributed by atoms with E-state index in [1.165, 1.54) is 6.07 Å². The van der Waals surface area contributed by atoms with Crippen LogP contribution in [0.3, 0.4) is 0 Å². The van der Waals surface area contributed by atoms with Crippen molar-refractivity contribution in [3.05, 3.63) is 58.4 Å². The maximum atomic E-state index is 13.4. The second-order valence-electron chi connectivity index (χ2n) is 4.69. The van der Waals surface area contributed by atoms with E-state index in [1.54, 1.807) is 25.3 Å². The van der Waals surface area contributed by atoms with Crippen molar-refractivity contribution < 1.29 is 13.9 Å². The van der Waals surface area contributed by atoms with Crippen molar-refractivity contribution in [3.63, 3.8) is 0 Å². The topological polar surface area (TPSA) is 44.5 Å². The molecular formula is C16H17ClFNO2. The maximum Gasteiger partial charge on any atom is 0.142 e. The van der Waals surface area contributed by atoms with Gasteiger partial charge in [-0.05, 0) is 19.1 Å².